The molecular weight excluding hydrogens is 302 g/mol. The summed E-state index contributed by atoms with van der Waals surface area (Å²) in [6.45, 7) is 1.95. The van der Waals surface area contributed by atoms with Crippen LogP contribution in [-0.4, -0.2) is 35.4 Å². The van der Waals surface area contributed by atoms with E-state index in [1.807, 2.05) is 37.2 Å². The second-order valence-electron chi connectivity index (χ2n) is 4.57. The minimum atomic E-state index is -0.833. The van der Waals surface area contributed by atoms with Gasteiger partial charge in [0, 0.05) is 50.9 Å². The van der Waals surface area contributed by atoms with Gasteiger partial charge in [0.1, 0.15) is 5.69 Å². The minimum Gasteiger partial charge on any atom is -0.481 e. The molecule has 0 radical (unpaired) electrons. The van der Waals surface area contributed by atoms with E-state index in [4.69, 9.17) is 9.90 Å². The lowest BCUT2D eigenvalue weighted by Gasteiger charge is -2.04. The van der Waals surface area contributed by atoms with E-state index in [0.29, 0.717) is 0 Å². The zero-order chi connectivity index (χ0) is 15.9. The van der Waals surface area contributed by atoms with Gasteiger partial charge in [-0.15, -0.1) is 11.3 Å². The number of hydrogen-bond donors (Lipinski definition) is 1. The van der Waals surface area contributed by atoms with E-state index >= 15 is 0 Å². The standard InChI is InChI=1S/C12H13N5S.C2H4O2/c1-16-5-3-11(15-16)12-13-4-7-17(12)6-2-10-8-18-9-14-10;1-2(3)4/h3-5,7-9H,2,6H2,1H3;1H3,(H,3,4). The van der Waals surface area contributed by atoms with Gasteiger partial charge in [0.2, 0.25) is 0 Å². The molecule has 7 nitrogen and oxygen atoms in total. The number of carboxylic acid groups (broad SMARTS) is 1. The first-order chi connectivity index (χ1) is 10.6. The maximum atomic E-state index is 9.00. The van der Waals surface area contributed by atoms with Crippen LogP contribution in [0, 0.1) is 0 Å². The summed E-state index contributed by atoms with van der Waals surface area (Å²) in [5.41, 5.74) is 3.89. The van der Waals surface area contributed by atoms with Crippen LogP contribution in [0.25, 0.3) is 11.5 Å². The Morgan fingerprint density at radius 1 is 1.36 bits per heavy atom. The molecule has 0 aliphatic heterocycles. The van der Waals surface area contributed by atoms with Gasteiger partial charge in [-0.1, -0.05) is 0 Å². The number of aromatic nitrogens is 5. The number of carboxylic acids is 1. The third kappa shape index (κ3) is 4.52. The van der Waals surface area contributed by atoms with Crippen molar-refractivity contribution in [2.45, 2.75) is 19.9 Å². The fraction of sp³-hybridized carbons (Fsp3) is 0.286. The molecule has 3 aromatic heterocycles. The van der Waals surface area contributed by atoms with Crippen LogP contribution >= 0.6 is 11.3 Å². The number of nitrogens with zero attached hydrogens (tertiary/aromatic N) is 5. The van der Waals surface area contributed by atoms with Gasteiger partial charge in [0.15, 0.2) is 5.82 Å². The smallest absolute Gasteiger partial charge is 0.300 e. The number of rotatable bonds is 4. The van der Waals surface area contributed by atoms with E-state index in [-0.39, 0.29) is 0 Å². The van der Waals surface area contributed by atoms with Crippen LogP contribution in [0.15, 0.2) is 35.5 Å². The summed E-state index contributed by atoms with van der Waals surface area (Å²) >= 11 is 1.63. The number of aryl methyl sites for hydroxylation is 3. The molecular formula is C14H17N5O2S. The molecule has 0 spiro atoms. The average Bonchev–Trinajstić information content (AvgIpc) is 3.16. The number of imidazole rings is 1. The Bertz CT molecular complexity index is 713. The number of aliphatic carboxylic acids is 1. The van der Waals surface area contributed by atoms with Crippen molar-refractivity contribution in [3.8, 4) is 11.5 Å². The lowest BCUT2D eigenvalue weighted by molar-refractivity contribution is -0.134. The fourth-order valence-corrected chi connectivity index (χ4v) is 2.45. The van der Waals surface area contributed by atoms with Crippen molar-refractivity contribution in [3.05, 3.63) is 41.2 Å². The van der Waals surface area contributed by atoms with E-state index in [2.05, 4.69) is 25.0 Å². The Labute approximate surface area is 131 Å². The molecule has 0 amide bonds. The number of hydrogen-bond acceptors (Lipinski definition) is 5. The molecule has 3 heterocycles. The third-order valence-electron chi connectivity index (χ3n) is 2.75. The van der Waals surface area contributed by atoms with Crippen molar-refractivity contribution >= 4 is 17.3 Å². The second-order valence-corrected chi connectivity index (χ2v) is 5.29. The van der Waals surface area contributed by atoms with Crippen molar-refractivity contribution in [3.63, 3.8) is 0 Å². The van der Waals surface area contributed by atoms with E-state index in [1.165, 1.54) is 0 Å². The van der Waals surface area contributed by atoms with Crippen molar-refractivity contribution in [2.75, 3.05) is 0 Å². The first kappa shape index (κ1) is 15.9. The molecule has 0 aromatic carbocycles. The van der Waals surface area contributed by atoms with Gasteiger partial charge in [-0.3, -0.25) is 9.48 Å². The van der Waals surface area contributed by atoms with Crippen molar-refractivity contribution in [1.82, 2.24) is 24.3 Å². The summed E-state index contributed by atoms with van der Waals surface area (Å²) in [6.07, 6.45) is 6.63. The minimum absolute atomic E-state index is 0.833. The largest absolute Gasteiger partial charge is 0.481 e. The fourth-order valence-electron chi connectivity index (χ4n) is 1.85. The monoisotopic (exact) mass is 319 g/mol. The van der Waals surface area contributed by atoms with E-state index < -0.39 is 5.97 Å². The quantitative estimate of drug-likeness (QED) is 0.795. The van der Waals surface area contributed by atoms with Gasteiger partial charge in [-0.25, -0.2) is 9.97 Å². The Balaban J connectivity index is 0.000000396. The third-order valence-corrected chi connectivity index (χ3v) is 3.39. The van der Waals surface area contributed by atoms with Crippen molar-refractivity contribution in [2.24, 2.45) is 7.05 Å². The molecule has 8 heteroatoms. The maximum Gasteiger partial charge on any atom is 0.300 e. The van der Waals surface area contributed by atoms with Crippen LogP contribution in [0.1, 0.15) is 12.6 Å². The molecule has 3 rings (SSSR count). The highest BCUT2D eigenvalue weighted by Crippen LogP contribution is 2.15. The van der Waals surface area contributed by atoms with E-state index in [9.17, 15) is 0 Å². The number of carbonyl (C=O) groups is 1. The number of thiazole rings is 1. The Hall–Kier alpha value is -2.48. The topological polar surface area (TPSA) is 85.8 Å². The summed E-state index contributed by atoms with van der Waals surface area (Å²) in [4.78, 5) is 17.7. The highest BCUT2D eigenvalue weighted by Gasteiger charge is 2.08. The molecule has 1 N–H and O–H groups in total. The van der Waals surface area contributed by atoms with E-state index in [0.717, 1.165) is 37.1 Å². The van der Waals surface area contributed by atoms with Crippen LogP contribution in [0.2, 0.25) is 0 Å². The van der Waals surface area contributed by atoms with Gasteiger partial charge in [0.05, 0.1) is 11.2 Å². The Morgan fingerprint density at radius 2 is 2.14 bits per heavy atom. The molecule has 0 saturated heterocycles. The maximum absolute atomic E-state index is 9.00. The van der Waals surface area contributed by atoms with Crippen molar-refractivity contribution < 1.29 is 9.90 Å². The van der Waals surface area contributed by atoms with Gasteiger partial charge < -0.3 is 9.67 Å². The van der Waals surface area contributed by atoms with Gasteiger partial charge in [0.25, 0.3) is 5.97 Å². The zero-order valence-electron chi connectivity index (χ0n) is 12.4. The Kier molecular flexibility index (Phi) is 5.42. The lowest BCUT2D eigenvalue weighted by Crippen LogP contribution is -2.03. The second kappa shape index (κ2) is 7.51. The predicted molar refractivity (Wildman–Crippen MR) is 83.6 cm³/mol. The highest BCUT2D eigenvalue weighted by atomic mass is 32.1. The molecule has 0 atom stereocenters. The summed E-state index contributed by atoms with van der Waals surface area (Å²) in [7, 11) is 1.91. The molecule has 0 aliphatic rings. The molecule has 0 bridgehead atoms. The molecule has 0 aliphatic carbocycles. The summed E-state index contributed by atoms with van der Waals surface area (Å²) in [6, 6.07) is 1.97. The van der Waals surface area contributed by atoms with Gasteiger partial charge in [-0.2, -0.15) is 5.10 Å². The Morgan fingerprint density at radius 3 is 2.73 bits per heavy atom. The summed E-state index contributed by atoms with van der Waals surface area (Å²) < 4.78 is 3.90. The first-order valence-electron chi connectivity index (χ1n) is 6.64. The van der Waals surface area contributed by atoms with Crippen LogP contribution < -0.4 is 0 Å². The van der Waals surface area contributed by atoms with Crippen LogP contribution in [-0.2, 0) is 24.8 Å². The summed E-state index contributed by atoms with van der Waals surface area (Å²) in [5.74, 6) is 0.0748. The normalized spacial score (nSPS) is 10.1. The molecule has 3 aromatic rings. The molecule has 22 heavy (non-hydrogen) atoms. The lowest BCUT2D eigenvalue weighted by atomic mass is 10.3. The molecule has 116 valence electrons. The molecule has 0 saturated carbocycles. The van der Waals surface area contributed by atoms with Crippen LogP contribution in [0.3, 0.4) is 0 Å². The highest BCUT2D eigenvalue weighted by molar-refractivity contribution is 7.07. The predicted octanol–water partition coefficient (Wildman–Crippen LogP) is 2.07. The van der Waals surface area contributed by atoms with Gasteiger partial charge in [-0.05, 0) is 6.07 Å². The molecule has 0 fully saturated rings. The van der Waals surface area contributed by atoms with E-state index in [1.54, 1.807) is 16.0 Å². The van der Waals surface area contributed by atoms with Gasteiger partial charge >= 0.3 is 0 Å². The summed E-state index contributed by atoms with van der Waals surface area (Å²) in [5, 5.41) is 13.9. The molecule has 0 unspecified atom stereocenters. The van der Waals surface area contributed by atoms with Crippen molar-refractivity contribution in [1.29, 1.82) is 0 Å². The SMILES string of the molecule is CC(=O)O.Cn1ccc(-c2nccn2CCc2cscn2)n1. The average molecular weight is 319 g/mol. The van der Waals surface area contributed by atoms with Crippen LogP contribution in [0.5, 0.6) is 0 Å². The van der Waals surface area contributed by atoms with Crippen LogP contribution in [0.4, 0.5) is 0 Å². The zero-order valence-corrected chi connectivity index (χ0v) is 13.2. The first-order valence-corrected chi connectivity index (χ1v) is 7.58.